The zero-order chi connectivity index (χ0) is 21.7. The van der Waals surface area contributed by atoms with E-state index >= 15 is 0 Å². The highest BCUT2D eigenvalue weighted by Crippen LogP contribution is 2.28. The quantitative estimate of drug-likeness (QED) is 0.726. The summed E-state index contributed by atoms with van der Waals surface area (Å²) >= 11 is 0. The molecule has 1 fully saturated rings. The van der Waals surface area contributed by atoms with Gasteiger partial charge in [0.15, 0.2) is 0 Å². The third-order valence-corrected chi connectivity index (χ3v) is 4.98. The molecular formula is C23H29N3O4. The van der Waals surface area contributed by atoms with Gasteiger partial charge in [0.25, 0.3) is 11.8 Å². The molecule has 2 aromatic rings. The van der Waals surface area contributed by atoms with Crippen LogP contribution in [0, 0.1) is 0 Å². The molecule has 0 aromatic heterocycles. The lowest BCUT2D eigenvalue weighted by atomic mass is 10.1. The third-order valence-electron chi connectivity index (χ3n) is 4.98. The van der Waals surface area contributed by atoms with Crippen molar-refractivity contribution >= 4 is 23.2 Å². The molecule has 160 valence electrons. The van der Waals surface area contributed by atoms with E-state index in [0.29, 0.717) is 28.3 Å². The number of rotatable bonds is 7. The summed E-state index contributed by atoms with van der Waals surface area (Å²) in [6.45, 7) is 5.71. The van der Waals surface area contributed by atoms with E-state index in [1.165, 1.54) is 14.2 Å². The zero-order valence-electron chi connectivity index (χ0n) is 18.0. The van der Waals surface area contributed by atoms with Gasteiger partial charge in [0.05, 0.1) is 19.8 Å². The maximum absolute atomic E-state index is 12.8. The van der Waals surface area contributed by atoms with Crippen molar-refractivity contribution in [2.24, 2.45) is 0 Å². The number of carbonyl (C=O) groups excluding carboxylic acids is 2. The summed E-state index contributed by atoms with van der Waals surface area (Å²) in [6.07, 6.45) is 2.22. The molecule has 0 spiro atoms. The molecule has 0 bridgehead atoms. The van der Waals surface area contributed by atoms with Crippen LogP contribution in [0.5, 0.6) is 11.5 Å². The van der Waals surface area contributed by atoms with Crippen LogP contribution < -0.4 is 25.0 Å². The van der Waals surface area contributed by atoms with Gasteiger partial charge in [0.2, 0.25) is 0 Å². The van der Waals surface area contributed by atoms with E-state index < -0.39 is 0 Å². The number of hydrogen-bond donors (Lipinski definition) is 2. The Morgan fingerprint density at radius 3 is 2.13 bits per heavy atom. The van der Waals surface area contributed by atoms with Crippen LogP contribution >= 0.6 is 0 Å². The lowest BCUT2D eigenvalue weighted by Crippen LogP contribution is -2.32. The monoisotopic (exact) mass is 411 g/mol. The second-order valence-electron chi connectivity index (χ2n) is 7.61. The second kappa shape index (κ2) is 9.52. The number of nitrogens with one attached hydrogen (secondary N) is 2. The second-order valence-corrected chi connectivity index (χ2v) is 7.61. The molecule has 1 aliphatic rings. The number of nitrogens with zero attached hydrogens (tertiary/aromatic N) is 1. The molecule has 0 radical (unpaired) electrons. The minimum atomic E-state index is -0.309. The average Bonchev–Trinajstić information content (AvgIpc) is 3.27. The van der Waals surface area contributed by atoms with Crippen molar-refractivity contribution < 1.29 is 19.1 Å². The van der Waals surface area contributed by atoms with E-state index in [2.05, 4.69) is 15.5 Å². The van der Waals surface area contributed by atoms with Crippen molar-refractivity contribution in [3.8, 4) is 11.5 Å². The fourth-order valence-corrected chi connectivity index (χ4v) is 3.51. The highest BCUT2D eigenvalue weighted by atomic mass is 16.5. The molecular weight excluding hydrogens is 382 g/mol. The number of hydrogen-bond acceptors (Lipinski definition) is 5. The predicted octanol–water partition coefficient (Wildman–Crippen LogP) is 3.69. The van der Waals surface area contributed by atoms with Crippen LogP contribution in [0.25, 0.3) is 0 Å². The van der Waals surface area contributed by atoms with Gasteiger partial charge in [-0.2, -0.15) is 0 Å². The largest absolute Gasteiger partial charge is 0.497 e. The van der Waals surface area contributed by atoms with Crippen molar-refractivity contribution in [3.63, 3.8) is 0 Å². The number of benzene rings is 2. The summed E-state index contributed by atoms with van der Waals surface area (Å²) in [5, 5.41) is 5.83. The molecule has 7 heteroatoms. The van der Waals surface area contributed by atoms with Crippen LogP contribution in [0.4, 0.5) is 11.4 Å². The van der Waals surface area contributed by atoms with Crippen LogP contribution in [0.3, 0.4) is 0 Å². The van der Waals surface area contributed by atoms with Crippen molar-refractivity contribution in [2.75, 3.05) is 37.5 Å². The molecule has 1 aliphatic heterocycles. The summed E-state index contributed by atoms with van der Waals surface area (Å²) in [4.78, 5) is 27.9. The number of carbonyl (C=O) groups is 2. The Labute approximate surface area is 177 Å². The summed E-state index contributed by atoms with van der Waals surface area (Å²) in [5.41, 5.74) is 2.42. The van der Waals surface area contributed by atoms with E-state index in [4.69, 9.17) is 9.47 Å². The molecule has 1 saturated heterocycles. The fraction of sp³-hybridized carbons (Fsp3) is 0.391. The van der Waals surface area contributed by atoms with E-state index in [9.17, 15) is 9.59 Å². The van der Waals surface area contributed by atoms with Gasteiger partial charge in [-0.05, 0) is 57.0 Å². The van der Waals surface area contributed by atoms with Crippen molar-refractivity contribution in [2.45, 2.75) is 32.7 Å². The molecule has 3 rings (SSSR count). The van der Waals surface area contributed by atoms with Gasteiger partial charge in [-0.25, -0.2) is 0 Å². The Morgan fingerprint density at radius 2 is 1.57 bits per heavy atom. The first kappa shape index (κ1) is 21.5. The first-order chi connectivity index (χ1) is 14.4. The minimum Gasteiger partial charge on any atom is -0.497 e. The molecule has 2 N–H and O–H groups in total. The maximum atomic E-state index is 12.8. The summed E-state index contributed by atoms with van der Waals surface area (Å²) < 4.78 is 10.5. The van der Waals surface area contributed by atoms with Crippen LogP contribution in [0.2, 0.25) is 0 Å². The van der Waals surface area contributed by atoms with Crippen molar-refractivity contribution in [3.05, 3.63) is 47.5 Å². The van der Waals surface area contributed by atoms with E-state index in [1.54, 1.807) is 24.3 Å². The number of amides is 2. The van der Waals surface area contributed by atoms with Gasteiger partial charge in [0, 0.05) is 42.1 Å². The van der Waals surface area contributed by atoms with Gasteiger partial charge >= 0.3 is 0 Å². The van der Waals surface area contributed by atoms with E-state index in [-0.39, 0.29) is 17.9 Å². The van der Waals surface area contributed by atoms with Crippen LogP contribution in [-0.2, 0) is 0 Å². The molecule has 1 heterocycles. The lowest BCUT2D eigenvalue weighted by Gasteiger charge is -2.22. The Kier molecular flexibility index (Phi) is 6.82. The van der Waals surface area contributed by atoms with Crippen molar-refractivity contribution in [1.82, 2.24) is 5.32 Å². The van der Waals surface area contributed by atoms with Crippen LogP contribution in [-0.4, -0.2) is 45.2 Å². The normalized spacial score (nSPS) is 13.3. The Balaban J connectivity index is 1.89. The Hall–Kier alpha value is -3.22. The molecule has 30 heavy (non-hydrogen) atoms. The highest BCUT2D eigenvalue weighted by molar-refractivity contribution is 6.06. The first-order valence-electron chi connectivity index (χ1n) is 10.2. The first-order valence-corrected chi connectivity index (χ1v) is 10.2. The average molecular weight is 412 g/mol. The molecule has 2 aromatic carbocycles. The van der Waals surface area contributed by atoms with Gasteiger partial charge < -0.3 is 25.0 Å². The van der Waals surface area contributed by atoms with E-state index in [1.807, 2.05) is 26.0 Å². The Morgan fingerprint density at radius 1 is 0.933 bits per heavy atom. The summed E-state index contributed by atoms with van der Waals surface area (Å²) in [6, 6.07) is 10.5. The zero-order valence-corrected chi connectivity index (χ0v) is 18.0. The molecule has 0 saturated carbocycles. The van der Waals surface area contributed by atoms with Crippen molar-refractivity contribution in [1.29, 1.82) is 0 Å². The fourth-order valence-electron chi connectivity index (χ4n) is 3.51. The molecule has 0 aliphatic carbocycles. The molecule has 2 amide bonds. The summed E-state index contributed by atoms with van der Waals surface area (Å²) in [5.74, 6) is 0.601. The van der Waals surface area contributed by atoms with Gasteiger partial charge in [-0.3, -0.25) is 9.59 Å². The van der Waals surface area contributed by atoms with E-state index in [0.717, 1.165) is 31.6 Å². The van der Waals surface area contributed by atoms with Crippen LogP contribution in [0.1, 0.15) is 47.4 Å². The smallest absolute Gasteiger partial charge is 0.255 e. The van der Waals surface area contributed by atoms with Crippen LogP contribution in [0.15, 0.2) is 36.4 Å². The molecule has 0 atom stereocenters. The maximum Gasteiger partial charge on any atom is 0.255 e. The standard InChI is InChI=1S/C23H29N3O4/c1-15(2)24-23(28)20-13-17(7-8-21(20)26-9-5-6-10-26)25-22(27)16-11-18(29-3)14-19(12-16)30-4/h7-8,11-15H,5-6,9-10H2,1-4H3,(H,24,28)(H,25,27). The number of ether oxygens (including phenoxy) is 2. The Bertz CT molecular complexity index is 898. The van der Waals surface area contributed by atoms with Gasteiger partial charge in [-0.15, -0.1) is 0 Å². The molecule has 7 nitrogen and oxygen atoms in total. The topological polar surface area (TPSA) is 79.9 Å². The lowest BCUT2D eigenvalue weighted by molar-refractivity contribution is 0.0942. The van der Waals surface area contributed by atoms with Gasteiger partial charge in [-0.1, -0.05) is 0 Å². The number of methoxy groups -OCH3 is 2. The molecule has 0 unspecified atom stereocenters. The number of anilines is 2. The minimum absolute atomic E-state index is 0.0198. The van der Waals surface area contributed by atoms with Gasteiger partial charge in [0.1, 0.15) is 11.5 Å². The third kappa shape index (κ3) is 5.03. The summed E-state index contributed by atoms with van der Waals surface area (Å²) in [7, 11) is 3.07. The SMILES string of the molecule is COc1cc(OC)cc(C(=O)Nc2ccc(N3CCCC3)c(C(=O)NC(C)C)c2)c1. The highest BCUT2D eigenvalue weighted by Gasteiger charge is 2.21. The predicted molar refractivity (Wildman–Crippen MR) is 118 cm³/mol.